The minimum Gasteiger partial charge on any atom is -0.495 e. The van der Waals surface area contributed by atoms with Crippen LogP contribution in [0.3, 0.4) is 0 Å². The fourth-order valence-corrected chi connectivity index (χ4v) is 3.95. The number of piperidine rings is 1. The molecule has 21 heavy (non-hydrogen) atoms. The van der Waals surface area contributed by atoms with Gasteiger partial charge in [0.1, 0.15) is 5.75 Å². The third-order valence-electron chi connectivity index (χ3n) is 4.96. The number of hydrogen-bond acceptors (Lipinski definition) is 3. The molecule has 3 nitrogen and oxygen atoms in total. The van der Waals surface area contributed by atoms with Crippen LogP contribution in [0.2, 0.25) is 5.02 Å². The van der Waals surface area contributed by atoms with Crippen molar-refractivity contribution < 1.29 is 4.74 Å². The molecular weight excluding hydrogens is 284 g/mol. The molecule has 3 rings (SSSR count). The minimum atomic E-state index is 0.548. The average Bonchev–Trinajstić information content (AvgIpc) is 2.53. The van der Waals surface area contributed by atoms with Gasteiger partial charge in [0.25, 0.3) is 0 Å². The second-order valence-corrected chi connectivity index (χ2v) is 6.61. The Bertz CT molecular complexity index is 494. The standard InChI is InChI=1S/C17H25ClN2O/c1-3-14-11-19-9-5-4-6-15(19)12-20(14)16-10-13(18)7-8-17(16)21-2/h7-8,10,14-15H,3-6,9,11-12H2,1-2H3. The van der Waals surface area contributed by atoms with Gasteiger partial charge in [-0.15, -0.1) is 0 Å². The SMILES string of the molecule is CCC1CN2CCCCC2CN1c1cc(Cl)ccc1OC. The van der Waals surface area contributed by atoms with E-state index in [4.69, 9.17) is 16.3 Å². The van der Waals surface area contributed by atoms with Crippen LogP contribution in [-0.2, 0) is 0 Å². The van der Waals surface area contributed by atoms with E-state index in [2.05, 4.69) is 22.8 Å². The van der Waals surface area contributed by atoms with E-state index in [0.29, 0.717) is 12.1 Å². The lowest BCUT2D eigenvalue weighted by Crippen LogP contribution is -2.59. The molecule has 0 aliphatic carbocycles. The van der Waals surface area contributed by atoms with E-state index in [1.54, 1.807) is 7.11 Å². The predicted octanol–water partition coefficient (Wildman–Crippen LogP) is 3.80. The maximum absolute atomic E-state index is 6.23. The summed E-state index contributed by atoms with van der Waals surface area (Å²) < 4.78 is 5.57. The summed E-state index contributed by atoms with van der Waals surface area (Å²) >= 11 is 6.23. The van der Waals surface area contributed by atoms with E-state index in [9.17, 15) is 0 Å². The first kappa shape index (κ1) is 15.0. The van der Waals surface area contributed by atoms with Crippen LogP contribution in [0.15, 0.2) is 18.2 Å². The maximum atomic E-state index is 6.23. The molecule has 2 fully saturated rings. The van der Waals surface area contributed by atoms with Gasteiger partial charge in [0.15, 0.2) is 0 Å². The van der Waals surface area contributed by atoms with Crippen LogP contribution in [0.25, 0.3) is 0 Å². The summed E-state index contributed by atoms with van der Waals surface area (Å²) in [7, 11) is 1.74. The highest BCUT2D eigenvalue weighted by atomic mass is 35.5. The number of methoxy groups -OCH3 is 1. The number of benzene rings is 1. The first-order chi connectivity index (χ1) is 10.2. The number of piperazine rings is 1. The fourth-order valence-electron chi connectivity index (χ4n) is 3.78. The quantitative estimate of drug-likeness (QED) is 0.844. The van der Waals surface area contributed by atoms with Crippen LogP contribution in [0, 0.1) is 0 Å². The van der Waals surface area contributed by atoms with Gasteiger partial charge in [-0.2, -0.15) is 0 Å². The van der Waals surface area contributed by atoms with E-state index in [0.717, 1.165) is 36.0 Å². The molecule has 116 valence electrons. The highest BCUT2D eigenvalue weighted by Gasteiger charge is 2.35. The molecule has 0 amide bonds. The maximum Gasteiger partial charge on any atom is 0.142 e. The van der Waals surface area contributed by atoms with Crippen LogP contribution in [-0.4, -0.2) is 43.7 Å². The Hall–Kier alpha value is -0.930. The molecule has 2 saturated heterocycles. The minimum absolute atomic E-state index is 0.548. The molecule has 0 bridgehead atoms. The Balaban J connectivity index is 1.90. The zero-order chi connectivity index (χ0) is 14.8. The van der Waals surface area contributed by atoms with Gasteiger partial charge in [0.2, 0.25) is 0 Å². The molecule has 2 aliphatic heterocycles. The molecule has 0 N–H and O–H groups in total. The van der Waals surface area contributed by atoms with Crippen molar-refractivity contribution in [2.75, 3.05) is 31.6 Å². The van der Waals surface area contributed by atoms with Gasteiger partial charge in [0, 0.05) is 30.2 Å². The summed E-state index contributed by atoms with van der Waals surface area (Å²) in [4.78, 5) is 5.21. The summed E-state index contributed by atoms with van der Waals surface area (Å²) in [6.07, 6.45) is 5.18. The first-order valence-corrected chi connectivity index (χ1v) is 8.45. The predicted molar refractivity (Wildman–Crippen MR) is 88.6 cm³/mol. The second kappa shape index (κ2) is 6.45. The zero-order valence-corrected chi connectivity index (χ0v) is 13.8. The number of hydrogen-bond donors (Lipinski definition) is 0. The molecule has 1 aromatic rings. The smallest absolute Gasteiger partial charge is 0.142 e. The summed E-state index contributed by atoms with van der Waals surface area (Å²) in [5.41, 5.74) is 1.15. The highest BCUT2D eigenvalue weighted by molar-refractivity contribution is 6.30. The molecular formula is C17H25ClN2O. The largest absolute Gasteiger partial charge is 0.495 e. The van der Waals surface area contributed by atoms with Crippen LogP contribution >= 0.6 is 11.6 Å². The lowest BCUT2D eigenvalue weighted by molar-refractivity contribution is 0.110. The molecule has 1 aromatic carbocycles. The Morgan fingerprint density at radius 3 is 2.90 bits per heavy atom. The lowest BCUT2D eigenvalue weighted by Gasteiger charge is -2.49. The number of halogens is 1. The molecule has 0 saturated carbocycles. The summed E-state index contributed by atoms with van der Waals surface area (Å²) in [6, 6.07) is 7.18. The lowest BCUT2D eigenvalue weighted by atomic mass is 9.95. The van der Waals surface area contributed by atoms with Gasteiger partial charge in [-0.25, -0.2) is 0 Å². The molecule has 4 heteroatoms. The first-order valence-electron chi connectivity index (χ1n) is 8.07. The van der Waals surface area contributed by atoms with Crippen molar-refractivity contribution in [1.82, 2.24) is 4.90 Å². The van der Waals surface area contributed by atoms with Gasteiger partial charge in [-0.3, -0.25) is 4.90 Å². The van der Waals surface area contributed by atoms with Gasteiger partial charge in [0.05, 0.1) is 12.8 Å². The van der Waals surface area contributed by atoms with Crippen LogP contribution < -0.4 is 9.64 Å². The van der Waals surface area contributed by atoms with Crippen molar-refractivity contribution in [2.24, 2.45) is 0 Å². The van der Waals surface area contributed by atoms with Crippen molar-refractivity contribution in [2.45, 2.75) is 44.7 Å². The summed E-state index contributed by atoms with van der Waals surface area (Å²) in [6.45, 7) is 5.80. The molecule has 0 spiro atoms. The topological polar surface area (TPSA) is 15.7 Å². The Morgan fingerprint density at radius 2 is 2.14 bits per heavy atom. The van der Waals surface area contributed by atoms with E-state index in [1.165, 1.54) is 25.8 Å². The molecule has 2 heterocycles. The van der Waals surface area contributed by atoms with E-state index in [-0.39, 0.29) is 0 Å². The van der Waals surface area contributed by atoms with Crippen molar-refractivity contribution in [3.63, 3.8) is 0 Å². The van der Waals surface area contributed by atoms with Gasteiger partial charge in [-0.1, -0.05) is 24.9 Å². The number of rotatable bonds is 3. The van der Waals surface area contributed by atoms with Crippen molar-refractivity contribution in [1.29, 1.82) is 0 Å². The Kier molecular flexibility index (Phi) is 4.60. The van der Waals surface area contributed by atoms with Gasteiger partial charge < -0.3 is 9.64 Å². The number of anilines is 1. The summed E-state index contributed by atoms with van der Waals surface area (Å²) in [5.74, 6) is 0.933. The zero-order valence-electron chi connectivity index (χ0n) is 13.0. The van der Waals surface area contributed by atoms with Crippen molar-refractivity contribution >= 4 is 17.3 Å². The van der Waals surface area contributed by atoms with E-state index < -0.39 is 0 Å². The van der Waals surface area contributed by atoms with Crippen LogP contribution in [0.1, 0.15) is 32.6 Å². The van der Waals surface area contributed by atoms with E-state index in [1.807, 2.05) is 12.1 Å². The third-order valence-corrected chi connectivity index (χ3v) is 5.20. The third kappa shape index (κ3) is 3.00. The highest BCUT2D eigenvalue weighted by Crippen LogP contribution is 2.36. The van der Waals surface area contributed by atoms with Crippen molar-refractivity contribution in [3.8, 4) is 5.75 Å². The second-order valence-electron chi connectivity index (χ2n) is 6.18. The molecule has 2 unspecified atom stereocenters. The monoisotopic (exact) mass is 308 g/mol. The number of ether oxygens (including phenoxy) is 1. The van der Waals surface area contributed by atoms with Crippen LogP contribution in [0.4, 0.5) is 5.69 Å². The average molecular weight is 309 g/mol. The number of fused-ring (bicyclic) bond motifs is 1. The molecule has 0 aromatic heterocycles. The van der Waals surface area contributed by atoms with Crippen LogP contribution in [0.5, 0.6) is 5.75 Å². The summed E-state index contributed by atoms with van der Waals surface area (Å²) in [5, 5.41) is 0.784. The molecule has 0 radical (unpaired) electrons. The van der Waals surface area contributed by atoms with E-state index >= 15 is 0 Å². The van der Waals surface area contributed by atoms with Gasteiger partial charge in [-0.05, 0) is 44.0 Å². The molecule has 2 aliphatic rings. The van der Waals surface area contributed by atoms with Gasteiger partial charge >= 0.3 is 0 Å². The fraction of sp³-hybridized carbons (Fsp3) is 0.647. The molecule has 2 atom stereocenters. The Morgan fingerprint density at radius 1 is 1.29 bits per heavy atom. The van der Waals surface area contributed by atoms with Crippen molar-refractivity contribution in [3.05, 3.63) is 23.2 Å². The number of nitrogens with zero attached hydrogens (tertiary/aromatic N) is 2. The normalized spacial score (nSPS) is 26.5. The Labute approximate surface area is 132 Å².